The van der Waals surface area contributed by atoms with Crippen molar-refractivity contribution in [3.63, 3.8) is 0 Å². The van der Waals surface area contributed by atoms with Crippen molar-refractivity contribution in [2.75, 3.05) is 26.7 Å². The Morgan fingerprint density at radius 1 is 1.21 bits per heavy atom. The number of hydrogen-bond acceptors (Lipinski definition) is 3. The van der Waals surface area contributed by atoms with Gasteiger partial charge in [0, 0.05) is 37.8 Å². The lowest BCUT2D eigenvalue weighted by Crippen LogP contribution is -2.53. The number of likely N-dealkylation sites (N-methyl/N-ethyl adjacent to an activating group) is 1. The van der Waals surface area contributed by atoms with Gasteiger partial charge in [0.2, 0.25) is 0 Å². The van der Waals surface area contributed by atoms with Crippen molar-refractivity contribution in [1.82, 2.24) is 9.80 Å². The summed E-state index contributed by atoms with van der Waals surface area (Å²) in [6.07, 6.45) is 3.76. The average Bonchev–Trinajstić information content (AvgIpc) is 2.57. The van der Waals surface area contributed by atoms with E-state index >= 15 is 0 Å². The van der Waals surface area contributed by atoms with Crippen molar-refractivity contribution in [3.8, 4) is 0 Å². The number of nitrogens with zero attached hydrogens (tertiary/aromatic N) is 2. The molecule has 0 aromatic rings. The first-order valence-corrected chi connectivity index (χ1v) is 5.86. The van der Waals surface area contributed by atoms with Gasteiger partial charge in [0.15, 0.2) is 0 Å². The Kier molecular flexibility index (Phi) is 3.10. The summed E-state index contributed by atoms with van der Waals surface area (Å²) < 4.78 is 0. The van der Waals surface area contributed by atoms with E-state index in [-0.39, 0.29) is 0 Å². The van der Waals surface area contributed by atoms with Crippen molar-refractivity contribution in [2.24, 2.45) is 5.73 Å². The summed E-state index contributed by atoms with van der Waals surface area (Å²) in [4.78, 5) is 5.10. The summed E-state index contributed by atoms with van der Waals surface area (Å²) >= 11 is 0. The van der Waals surface area contributed by atoms with E-state index in [9.17, 15) is 0 Å². The number of nitrogens with two attached hydrogens (primary N) is 1. The Labute approximate surface area is 87.2 Å². The molecule has 82 valence electrons. The fourth-order valence-electron chi connectivity index (χ4n) is 2.73. The van der Waals surface area contributed by atoms with Crippen LogP contribution in [0.25, 0.3) is 0 Å². The van der Waals surface area contributed by atoms with Gasteiger partial charge in [0.1, 0.15) is 0 Å². The normalized spacial score (nSPS) is 41.8. The fraction of sp³-hybridized carbons (Fsp3) is 1.00. The minimum absolute atomic E-state index is 0.468. The lowest BCUT2D eigenvalue weighted by Gasteiger charge is -2.40. The average molecular weight is 197 g/mol. The Morgan fingerprint density at radius 3 is 2.57 bits per heavy atom. The second-order valence-electron chi connectivity index (χ2n) is 5.05. The third-order valence-electron chi connectivity index (χ3n) is 3.95. The molecular weight excluding hydrogens is 174 g/mol. The van der Waals surface area contributed by atoms with E-state index in [1.165, 1.54) is 38.9 Å². The van der Waals surface area contributed by atoms with Crippen molar-refractivity contribution >= 4 is 0 Å². The third kappa shape index (κ3) is 2.10. The third-order valence-corrected chi connectivity index (χ3v) is 3.95. The number of hydrogen-bond donors (Lipinski definition) is 1. The zero-order chi connectivity index (χ0) is 10.1. The van der Waals surface area contributed by atoms with Gasteiger partial charge in [-0.25, -0.2) is 0 Å². The van der Waals surface area contributed by atoms with Crippen LogP contribution in [0.1, 0.15) is 26.2 Å². The smallest absolute Gasteiger partial charge is 0.0192 e. The van der Waals surface area contributed by atoms with Gasteiger partial charge in [-0.3, -0.25) is 4.90 Å². The molecule has 0 amide bonds. The summed E-state index contributed by atoms with van der Waals surface area (Å²) in [6, 6.07) is 1.96. The topological polar surface area (TPSA) is 32.5 Å². The standard InChI is InChI=1S/C11H23N3/c1-9-8-14(6-5-13(9)2)11-4-3-10(12)7-11/h9-11H,3-8,12H2,1-2H3. The number of piperazine rings is 1. The Balaban J connectivity index is 1.87. The molecule has 1 heterocycles. The van der Waals surface area contributed by atoms with Gasteiger partial charge in [-0.1, -0.05) is 0 Å². The maximum atomic E-state index is 5.96. The Hall–Kier alpha value is -0.120. The van der Waals surface area contributed by atoms with Crippen molar-refractivity contribution in [1.29, 1.82) is 0 Å². The molecule has 1 saturated heterocycles. The fourth-order valence-corrected chi connectivity index (χ4v) is 2.73. The van der Waals surface area contributed by atoms with Crippen molar-refractivity contribution in [2.45, 2.75) is 44.3 Å². The molecule has 2 N–H and O–H groups in total. The molecule has 1 aliphatic carbocycles. The van der Waals surface area contributed by atoms with Gasteiger partial charge in [-0.15, -0.1) is 0 Å². The van der Waals surface area contributed by atoms with Crippen LogP contribution < -0.4 is 5.73 Å². The molecule has 3 heteroatoms. The molecule has 3 nitrogen and oxygen atoms in total. The van der Waals surface area contributed by atoms with Gasteiger partial charge < -0.3 is 10.6 Å². The summed E-state index contributed by atoms with van der Waals surface area (Å²) in [5.74, 6) is 0. The van der Waals surface area contributed by atoms with Crippen LogP contribution in [0.3, 0.4) is 0 Å². The predicted molar refractivity (Wildman–Crippen MR) is 59.3 cm³/mol. The van der Waals surface area contributed by atoms with Crippen LogP contribution in [0, 0.1) is 0 Å². The van der Waals surface area contributed by atoms with Crippen LogP contribution >= 0.6 is 0 Å². The van der Waals surface area contributed by atoms with Crippen LogP contribution in [0.5, 0.6) is 0 Å². The Bertz CT molecular complexity index is 195. The monoisotopic (exact) mass is 197 g/mol. The highest BCUT2D eigenvalue weighted by Crippen LogP contribution is 2.24. The van der Waals surface area contributed by atoms with E-state index in [4.69, 9.17) is 5.73 Å². The zero-order valence-electron chi connectivity index (χ0n) is 9.45. The van der Waals surface area contributed by atoms with Crippen molar-refractivity contribution in [3.05, 3.63) is 0 Å². The lowest BCUT2D eigenvalue weighted by atomic mass is 10.1. The highest BCUT2D eigenvalue weighted by molar-refractivity contribution is 4.88. The van der Waals surface area contributed by atoms with E-state index in [0.29, 0.717) is 12.1 Å². The molecule has 0 spiro atoms. The van der Waals surface area contributed by atoms with Crippen LogP contribution in [-0.2, 0) is 0 Å². The molecule has 1 saturated carbocycles. The molecule has 0 bridgehead atoms. The molecule has 0 aromatic carbocycles. The van der Waals surface area contributed by atoms with E-state index < -0.39 is 0 Å². The van der Waals surface area contributed by atoms with Crippen LogP contribution in [0.4, 0.5) is 0 Å². The van der Waals surface area contributed by atoms with Gasteiger partial charge in [-0.05, 0) is 33.2 Å². The second kappa shape index (κ2) is 4.17. The van der Waals surface area contributed by atoms with Crippen LogP contribution in [0.15, 0.2) is 0 Å². The van der Waals surface area contributed by atoms with E-state index in [0.717, 1.165) is 6.04 Å². The summed E-state index contributed by atoms with van der Waals surface area (Å²) in [5.41, 5.74) is 5.96. The highest BCUT2D eigenvalue weighted by Gasteiger charge is 2.30. The molecule has 1 aliphatic heterocycles. The quantitative estimate of drug-likeness (QED) is 0.664. The van der Waals surface area contributed by atoms with Crippen LogP contribution in [0.2, 0.25) is 0 Å². The molecule has 14 heavy (non-hydrogen) atoms. The minimum atomic E-state index is 0.468. The highest BCUT2D eigenvalue weighted by atomic mass is 15.3. The molecule has 0 radical (unpaired) electrons. The maximum absolute atomic E-state index is 5.96. The van der Waals surface area contributed by atoms with Gasteiger partial charge in [0.25, 0.3) is 0 Å². The summed E-state index contributed by atoms with van der Waals surface area (Å²) in [5, 5.41) is 0. The minimum Gasteiger partial charge on any atom is -0.328 e. The first kappa shape index (κ1) is 10.4. The van der Waals surface area contributed by atoms with E-state index in [1.54, 1.807) is 0 Å². The lowest BCUT2D eigenvalue weighted by molar-refractivity contribution is 0.0734. The molecule has 2 aliphatic rings. The molecular formula is C11H23N3. The second-order valence-corrected chi connectivity index (χ2v) is 5.05. The zero-order valence-corrected chi connectivity index (χ0v) is 9.45. The van der Waals surface area contributed by atoms with Crippen molar-refractivity contribution < 1.29 is 0 Å². The SMILES string of the molecule is CC1CN(C2CCC(N)C2)CCN1C. The summed E-state index contributed by atoms with van der Waals surface area (Å²) in [6.45, 7) is 6.00. The first-order valence-electron chi connectivity index (χ1n) is 5.86. The maximum Gasteiger partial charge on any atom is 0.0192 e. The first-order chi connectivity index (χ1) is 6.66. The van der Waals surface area contributed by atoms with E-state index in [1.807, 2.05) is 0 Å². The van der Waals surface area contributed by atoms with E-state index in [2.05, 4.69) is 23.8 Å². The summed E-state index contributed by atoms with van der Waals surface area (Å²) in [7, 11) is 2.22. The molecule has 3 unspecified atom stereocenters. The molecule has 2 rings (SSSR count). The van der Waals surface area contributed by atoms with Gasteiger partial charge >= 0.3 is 0 Å². The molecule has 2 fully saturated rings. The Morgan fingerprint density at radius 2 is 2.00 bits per heavy atom. The predicted octanol–water partition coefficient (Wildman–Crippen LogP) is 0.502. The number of rotatable bonds is 1. The molecule has 3 atom stereocenters. The molecule has 0 aromatic heterocycles. The van der Waals surface area contributed by atoms with Crippen LogP contribution in [-0.4, -0.2) is 54.6 Å². The van der Waals surface area contributed by atoms with Gasteiger partial charge in [0.05, 0.1) is 0 Å². The van der Waals surface area contributed by atoms with Gasteiger partial charge in [-0.2, -0.15) is 0 Å². The largest absolute Gasteiger partial charge is 0.328 e.